The van der Waals surface area contributed by atoms with Crippen molar-refractivity contribution in [3.8, 4) is 0 Å². The van der Waals surface area contributed by atoms with Crippen molar-refractivity contribution in [3.05, 3.63) is 64.1 Å². The Morgan fingerprint density at radius 3 is 2.26 bits per heavy atom. The molecule has 0 unspecified atom stereocenters. The van der Waals surface area contributed by atoms with E-state index in [0.29, 0.717) is 11.3 Å². The summed E-state index contributed by atoms with van der Waals surface area (Å²) < 4.78 is 0.849. The van der Waals surface area contributed by atoms with E-state index in [9.17, 15) is 9.59 Å². The number of amides is 3. The smallest absolute Gasteiger partial charge is 0.307 e. The van der Waals surface area contributed by atoms with E-state index in [1.165, 1.54) is 0 Å². The van der Waals surface area contributed by atoms with E-state index >= 15 is 0 Å². The maximum Gasteiger partial charge on any atom is 0.337 e. The molecule has 2 rings (SSSR count). The highest BCUT2D eigenvalue weighted by molar-refractivity contribution is 9.10. The lowest BCUT2D eigenvalue weighted by Gasteiger charge is -2.21. The lowest BCUT2D eigenvalue weighted by atomic mass is 9.86. The Morgan fingerprint density at radius 1 is 1.00 bits per heavy atom. The van der Waals surface area contributed by atoms with Crippen LogP contribution in [0.4, 0.5) is 10.5 Å². The molecule has 0 heterocycles. The van der Waals surface area contributed by atoms with Crippen molar-refractivity contribution in [2.24, 2.45) is 0 Å². The van der Waals surface area contributed by atoms with Crippen molar-refractivity contribution in [2.45, 2.75) is 26.2 Å². The zero-order valence-corrected chi connectivity index (χ0v) is 17.6. The second-order valence-corrected chi connectivity index (χ2v) is 8.06. The second kappa shape index (κ2) is 8.96. The molecule has 0 saturated heterocycles. The number of benzene rings is 2. The summed E-state index contributed by atoms with van der Waals surface area (Å²) in [5.41, 5.74) is 6.98. The Labute approximate surface area is 172 Å². The fraction of sp³-hybridized carbons (Fsp3) is 0.211. The third kappa shape index (κ3) is 6.33. The van der Waals surface area contributed by atoms with E-state index in [4.69, 9.17) is 12.2 Å². The summed E-state index contributed by atoms with van der Waals surface area (Å²) in [6.45, 7) is 6.29. The molecule has 0 aliphatic carbocycles. The Kier molecular flexibility index (Phi) is 6.92. The molecule has 2 aromatic carbocycles. The molecule has 0 bridgehead atoms. The first-order valence-electron chi connectivity index (χ1n) is 8.20. The molecule has 142 valence electrons. The number of carbonyl (C=O) groups excluding carboxylic acids is 2. The molecular formula is C19H21BrN4O2S. The molecule has 0 aliphatic rings. The monoisotopic (exact) mass is 448 g/mol. The standard InChI is InChI=1S/C19H21BrN4O2S/c1-19(2,3)14-10-9-12(11-15(14)20)16(25)22-18(27)24-23-17(26)21-13-7-5-4-6-8-13/h4-11H,1-3H3,(H2,21,23,26)(H2,22,24,25,27). The zero-order valence-electron chi connectivity index (χ0n) is 15.2. The molecule has 8 heteroatoms. The minimum absolute atomic E-state index is 0.0146. The van der Waals surface area contributed by atoms with Crippen LogP contribution in [0.2, 0.25) is 0 Å². The van der Waals surface area contributed by atoms with Crippen molar-refractivity contribution in [2.75, 3.05) is 5.32 Å². The normalized spacial score (nSPS) is 10.7. The lowest BCUT2D eigenvalue weighted by molar-refractivity contribution is 0.0976. The van der Waals surface area contributed by atoms with Gasteiger partial charge in [-0.05, 0) is 47.5 Å². The fourth-order valence-corrected chi connectivity index (χ4v) is 3.39. The van der Waals surface area contributed by atoms with Gasteiger partial charge in [0.25, 0.3) is 5.91 Å². The second-order valence-electron chi connectivity index (χ2n) is 6.80. The summed E-state index contributed by atoms with van der Waals surface area (Å²) in [6.07, 6.45) is 0. The summed E-state index contributed by atoms with van der Waals surface area (Å²) in [4.78, 5) is 24.1. The van der Waals surface area contributed by atoms with Gasteiger partial charge in [-0.15, -0.1) is 0 Å². The summed E-state index contributed by atoms with van der Waals surface area (Å²) in [7, 11) is 0. The number of rotatable bonds is 2. The summed E-state index contributed by atoms with van der Waals surface area (Å²) >= 11 is 8.54. The number of halogens is 1. The quantitative estimate of drug-likeness (QED) is 0.411. The van der Waals surface area contributed by atoms with Crippen LogP contribution >= 0.6 is 28.1 Å². The minimum Gasteiger partial charge on any atom is -0.307 e. The van der Waals surface area contributed by atoms with Crippen molar-refractivity contribution in [1.82, 2.24) is 16.2 Å². The van der Waals surface area contributed by atoms with E-state index in [-0.39, 0.29) is 16.4 Å². The zero-order chi connectivity index (χ0) is 20.0. The molecule has 6 nitrogen and oxygen atoms in total. The molecule has 0 radical (unpaired) electrons. The average molecular weight is 449 g/mol. The number of urea groups is 1. The average Bonchev–Trinajstić information content (AvgIpc) is 2.59. The van der Waals surface area contributed by atoms with Crippen LogP contribution in [0, 0.1) is 0 Å². The van der Waals surface area contributed by atoms with Gasteiger partial charge in [0, 0.05) is 15.7 Å². The van der Waals surface area contributed by atoms with Crippen LogP contribution in [0.3, 0.4) is 0 Å². The van der Waals surface area contributed by atoms with Crippen molar-refractivity contribution in [3.63, 3.8) is 0 Å². The van der Waals surface area contributed by atoms with Crippen LogP contribution in [0.5, 0.6) is 0 Å². The number of carbonyl (C=O) groups is 2. The van der Waals surface area contributed by atoms with Crippen LogP contribution in [-0.2, 0) is 5.41 Å². The minimum atomic E-state index is -0.505. The van der Waals surface area contributed by atoms with E-state index in [0.717, 1.165) is 10.0 Å². The molecular weight excluding hydrogens is 428 g/mol. The Morgan fingerprint density at radius 2 is 1.67 bits per heavy atom. The van der Waals surface area contributed by atoms with Gasteiger partial charge in [-0.2, -0.15) is 0 Å². The van der Waals surface area contributed by atoms with Gasteiger partial charge in [-0.1, -0.05) is 61.0 Å². The molecule has 0 saturated carbocycles. The topological polar surface area (TPSA) is 82.3 Å². The van der Waals surface area contributed by atoms with Crippen LogP contribution in [0.15, 0.2) is 53.0 Å². The highest BCUT2D eigenvalue weighted by Gasteiger charge is 2.18. The molecule has 0 spiro atoms. The summed E-state index contributed by atoms with van der Waals surface area (Å²) in [5.74, 6) is -0.376. The highest BCUT2D eigenvalue weighted by Crippen LogP contribution is 2.30. The van der Waals surface area contributed by atoms with Crippen molar-refractivity contribution in [1.29, 1.82) is 0 Å². The Bertz CT molecular complexity index is 851. The predicted molar refractivity (Wildman–Crippen MR) is 115 cm³/mol. The molecule has 0 fully saturated rings. The van der Waals surface area contributed by atoms with Gasteiger partial charge in [0.1, 0.15) is 0 Å². The lowest BCUT2D eigenvalue weighted by Crippen LogP contribution is -2.49. The van der Waals surface area contributed by atoms with E-state index < -0.39 is 6.03 Å². The number of hydrazine groups is 1. The van der Waals surface area contributed by atoms with E-state index in [1.807, 2.05) is 12.1 Å². The predicted octanol–water partition coefficient (Wildman–Crippen LogP) is 4.09. The molecule has 0 atom stereocenters. The highest BCUT2D eigenvalue weighted by atomic mass is 79.9. The van der Waals surface area contributed by atoms with E-state index in [2.05, 4.69) is 58.2 Å². The Balaban J connectivity index is 1.87. The third-order valence-electron chi connectivity index (χ3n) is 3.59. The molecule has 4 N–H and O–H groups in total. The first-order valence-corrected chi connectivity index (χ1v) is 9.40. The SMILES string of the molecule is CC(C)(C)c1ccc(C(=O)NC(=S)NNC(=O)Nc2ccccc2)cc1Br. The maximum atomic E-state index is 12.3. The summed E-state index contributed by atoms with van der Waals surface area (Å²) in [5, 5.41) is 5.12. The number of hydrogen-bond acceptors (Lipinski definition) is 3. The van der Waals surface area contributed by atoms with Gasteiger partial charge in [-0.25, -0.2) is 10.2 Å². The number of anilines is 1. The number of para-hydroxylation sites is 1. The van der Waals surface area contributed by atoms with Gasteiger partial charge >= 0.3 is 6.03 Å². The first-order chi connectivity index (χ1) is 12.7. The van der Waals surface area contributed by atoms with Crippen LogP contribution < -0.4 is 21.5 Å². The molecule has 0 aliphatic heterocycles. The van der Waals surface area contributed by atoms with Gasteiger partial charge in [-0.3, -0.25) is 15.5 Å². The van der Waals surface area contributed by atoms with Crippen molar-refractivity contribution < 1.29 is 9.59 Å². The van der Waals surface area contributed by atoms with Crippen molar-refractivity contribution >= 4 is 50.9 Å². The first kappa shape index (κ1) is 20.9. The third-order valence-corrected chi connectivity index (χ3v) is 4.45. The van der Waals surface area contributed by atoms with E-state index in [1.54, 1.807) is 36.4 Å². The molecule has 27 heavy (non-hydrogen) atoms. The maximum absolute atomic E-state index is 12.3. The molecule has 3 amide bonds. The van der Waals surface area contributed by atoms with Crippen LogP contribution in [0.1, 0.15) is 36.7 Å². The van der Waals surface area contributed by atoms with Gasteiger partial charge < -0.3 is 5.32 Å². The van der Waals surface area contributed by atoms with Crippen LogP contribution in [-0.4, -0.2) is 17.1 Å². The largest absolute Gasteiger partial charge is 0.337 e. The molecule has 2 aromatic rings. The summed E-state index contributed by atoms with van der Waals surface area (Å²) in [6, 6.07) is 13.8. The number of nitrogens with one attached hydrogen (secondary N) is 4. The number of thiocarbonyl (C=S) groups is 1. The Hall–Kier alpha value is -2.45. The van der Waals surface area contributed by atoms with Gasteiger partial charge in [0.2, 0.25) is 0 Å². The van der Waals surface area contributed by atoms with Crippen LogP contribution in [0.25, 0.3) is 0 Å². The number of hydrogen-bond donors (Lipinski definition) is 4. The fourth-order valence-electron chi connectivity index (χ4n) is 2.27. The van der Waals surface area contributed by atoms with Gasteiger partial charge in [0.05, 0.1) is 0 Å². The van der Waals surface area contributed by atoms with Gasteiger partial charge in [0.15, 0.2) is 5.11 Å². The molecule has 0 aromatic heterocycles.